The number of rotatable bonds is 4. The highest BCUT2D eigenvalue weighted by Gasteiger charge is 2.44. The number of anilines is 1. The molecule has 0 atom stereocenters. The Labute approximate surface area is 109 Å². The van der Waals surface area contributed by atoms with Gasteiger partial charge in [-0.3, -0.25) is 4.79 Å². The molecular formula is C15H21NO2. The minimum Gasteiger partial charge on any atom is -0.491 e. The average Bonchev–Trinajstić information content (AvgIpc) is 3.01. The van der Waals surface area contributed by atoms with Crippen LogP contribution >= 0.6 is 0 Å². The van der Waals surface area contributed by atoms with Crippen molar-refractivity contribution in [2.24, 2.45) is 5.41 Å². The largest absolute Gasteiger partial charge is 0.491 e. The number of ether oxygens (including phenoxy) is 1. The van der Waals surface area contributed by atoms with E-state index in [-0.39, 0.29) is 17.4 Å². The Morgan fingerprint density at radius 1 is 1.39 bits per heavy atom. The predicted molar refractivity (Wildman–Crippen MR) is 72.9 cm³/mol. The molecule has 0 unspecified atom stereocenters. The van der Waals surface area contributed by atoms with Crippen molar-refractivity contribution in [3.05, 3.63) is 23.8 Å². The highest BCUT2D eigenvalue weighted by Crippen LogP contribution is 2.45. The van der Waals surface area contributed by atoms with E-state index in [1.54, 1.807) is 0 Å². The van der Waals surface area contributed by atoms with E-state index in [4.69, 9.17) is 4.74 Å². The summed E-state index contributed by atoms with van der Waals surface area (Å²) in [4.78, 5) is 11.9. The van der Waals surface area contributed by atoms with Gasteiger partial charge in [-0.2, -0.15) is 0 Å². The lowest BCUT2D eigenvalue weighted by molar-refractivity contribution is -0.120. The van der Waals surface area contributed by atoms with Crippen LogP contribution in [0.25, 0.3) is 0 Å². The first kappa shape index (κ1) is 12.9. The standard InChI is InChI=1S/C15H21NO2/c1-10(2)18-13-6-5-12(9-11(13)3)16-14(17)15(4)7-8-15/h5-6,9-10H,7-8H2,1-4H3,(H,16,17). The van der Waals surface area contributed by atoms with Crippen LogP contribution in [0.4, 0.5) is 5.69 Å². The monoisotopic (exact) mass is 247 g/mol. The van der Waals surface area contributed by atoms with Gasteiger partial charge < -0.3 is 10.1 Å². The van der Waals surface area contributed by atoms with Crippen LogP contribution in [0, 0.1) is 12.3 Å². The lowest BCUT2D eigenvalue weighted by Crippen LogP contribution is -2.21. The molecule has 1 fully saturated rings. The van der Waals surface area contributed by atoms with Crippen molar-refractivity contribution in [2.45, 2.75) is 46.6 Å². The highest BCUT2D eigenvalue weighted by atomic mass is 16.5. The Morgan fingerprint density at radius 2 is 2.06 bits per heavy atom. The van der Waals surface area contributed by atoms with Gasteiger partial charge in [0.2, 0.25) is 5.91 Å². The number of amides is 1. The van der Waals surface area contributed by atoms with E-state index >= 15 is 0 Å². The van der Waals surface area contributed by atoms with Crippen molar-refractivity contribution in [1.29, 1.82) is 0 Å². The summed E-state index contributed by atoms with van der Waals surface area (Å²) in [6.07, 6.45) is 2.15. The molecule has 0 radical (unpaired) electrons. The molecule has 1 aromatic rings. The van der Waals surface area contributed by atoms with Gasteiger partial charge in [-0.1, -0.05) is 6.92 Å². The van der Waals surface area contributed by atoms with Crippen molar-refractivity contribution in [3.63, 3.8) is 0 Å². The number of nitrogens with one attached hydrogen (secondary N) is 1. The van der Waals surface area contributed by atoms with E-state index in [0.717, 1.165) is 29.8 Å². The zero-order valence-corrected chi connectivity index (χ0v) is 11.5. The van der Waals surface area contributed by atoms with Gasteiger partial charge in [0, 0.05) is 11.1 Å². The number of aryl methyl sites for hydroxylation is 1. The Morgan fingerprint density at radius 3 is 2.56 bits per heavy atom. The van der Waals surface area contributed by atoms with Crippen LogP contribution in [0.2, 0.25) is 0 Å². The Bertz CT molecular complexity index is 462. The maximum atomic E-state index is 11.9. The third-order valence-corrected chi connectivity index (χ3v) is 3.34. The smallest absolute Gasteiger partial charge is 0.230 e. The molecule has 0 spiro atoms. The molecule has 1 saturated carbocycles. The van der Waals surface area contributed by atoms with Crippen molar-refractivity contribution in [3.8, 4) is 5.75 Å². The second-order valence-corrected chi connectivity index (χ2v) is 5.66. The molecule has 98 valence electrons. The maximum absolute atomic E-state index is 11.9. The van der Waals surface area contributed by atoms with Gasteiger partial charge in [0.05, 0.1) is 6.10 Å². The van der Waals surface area contributed by atoms with Crippen LogP contribution in [-0.4, -0.2) is 12.0 Å². The number of carbonyl (C=O) groups is 1. The van der Waals surface area contributed by atoms with Crippen molar-refractivity contribution in [1.82, 2.24) is 0 Å². The molecule has 0 saturated heterocycles. The quantitative estimate of drug-likeness (QED) is 0.884. The topological polar surface area (TPSA) is 38.3 Å². The van der Waals surface area contributed by atoms with Crippen LogP contribution in [0.5, 0.6) is 5.75 Å². The van der Waals surface area contributed by atoms with Crippen molar-refractivity contribution in [2.75, 3.05) is 5.32 Å². The molecule has 0 aliphatic heterocycles. The summed E-state index contributed by atoms with van der Waals surface area (Å²) in [5, 5.41) is 2.97. The van der Waals surface area contributed by atoms with Crippen LogP contribution < -0.4 is 10.1 Å². The summed E-state index contributed by atoms with van der Waals surface area (Å²) in [6.45, 7) is 8.00. The zero-order valence-electron chi connectivity index (χ0n) is 11.5. The zero-order chi connectivity index (χ0) is 13.3. The number of benzene rings is 1. The number of carbonyl (C=O) groups excluding carboxylic acids is 1. The van der Waals surface area contributed by atoms with Gasteiger partial charge in [-0.25, -0.2) is 0 Å². The molecule has 1 aliphatic carbocycles. The molecule has 2 rings (SSSR count). The van der Waals surface area contributed by atoms with Crippen molar-refractivity contribution < 1.29 is 9.53 Å². The summed E-state index contributed by atoms with van der Waals surface area (Å²) in [5.41, 5.74) is 1.75. The van der Waals surface area contributed by atoms with Gasteiger partial charge >= 0.3 is 0 Å². The van der Waals surface area contributed by atoms with E-state index in [1.807, 2.05) is 45.9 Å². The van der Waals surface area contributed by atoms with E-state index in [0.29, 0.717) is 0 Å². The first-order valence-corrected chi connectivity index (χ1v) is 6.49. The number of hydrogen-bond donors (Lipinski definition) is 1. The van der Waals surface area contributed by atoms with Crippen LogP contribution in [0.1, 0.15) is 39.2 Å². The molecule has 0 bridgehead atoms. The predicted octanol–water partition coefficient (Wildman–Crippen LogP) is 3.52. The fourth-order valence-corrected chi connectivity index (χ4v) is 1.81. The fourth-order valence-electron chi connectivity index (χ4n) is 1.81. The first-order valence-electron chi connectivity index (χ1n) is 6.49. The normalized spacial score (nSPS) is 16.5. The summed E-state index contributed by atoms with van der Waals surface area (Å²) in [6, 6.07) is 5.77. The average molecular weight is 247 g/mol. The Kier molecular flexibility index (Phi) is 3.33. The minimum atomic E-state index is -0.138. The molecule has 3 nitrogen and oxygen atoms in total. The third kappa shape index (κ3) is 2.84. The minimum absolute atomic E-state index is 0.124. The molecule has 1 aromatic carbocycles. The molecular weight excluding hydrogens is 226 g/mol. The highest BCUT2D eigenvalue weighted by molar-refractivity contribution is 5.96. The molecule has 3 heteroatoms. The van der Waals surface area contributed by atoms with E-state index in [9.17, 15) is 4.79 Å². The molecule has 0 heterocycles. The summed E-state index contributed by atoms with van der Waals surface area (Å²) in [5.74, 6) is 1.00. The fraction of sp³-hybridized carbons (Fsp3) is 0.533. The SMILES string of the molecule is Cc1cc(NC(=O)C2(C)CC2)ccc1OC(C)C. The molecule has 18 heavy (non-hydrogen) atoms. The third-order valence-electron chi connectivity index (χ3n) is 3.34. The lowest BCUT2D eigenvalue weighted by Gasteiger charge is -2.15. The number of hydrogen-bond acceptors (Lipinski definition) is 2. The lowest BCUT2D eigenvalue weighted by atomic mass is 10.1. The molecule has 0 aromatic heterocycles. The molecule has 1 aliphatic rings. The first-order chi connectivity index (χ1) is 8.40. The Balaban J connectivity index is 2.06. The second-order valence-electron chi connectivity index (χ2n) is 5.66. The second kappa shape index (κ2) is 4.63. The molecule has 1 amide bonds. The summed E-state index contributed by atoms with van der Waals surface area (Å²) in [7, 11) is 0. The molecule has 1 N–H and O–H groups in total. The van der Waals surface area contributed by atoms with E-state index in [2.05, 4.69) is 5.32 Å². The summed E-state index contributed by atoms with van der Waals surface area (Å²) < 4.78 is 5.67. The van der Waals surface area contributed by atoms with Gasteiger partial charge in [0.15, 0.2) is 0 Å². The van der Waals surface area contributed by atoms with E-state index < -0.39 is 0 Å². The van der Waals surface area contributed by atoms with Gasteiger partial charge in [0.1, 0.15) is 5.75 Å². The Hall–Kier alpha value is -1.51. The van der Waals surface area contributed by atoms with Gasteiger partial charge in [0.25, 0.3) is 0 Å². The van der Waals surface area contributed by atoms with Gasteiger partial charge in [-0.15, -0.1) is 0 Å². The van der Waals surface area contributed by atoms with Gasteiger partial charge in [-0.05, 0) is 57.4 Å². The van der Waals surface area contributed by atoms with Crippen LogP contribution in [-0.2, 0) is 4.79 Å². The van der Waals surface area contributed by atoms with E-state index in [1.165, 1.54) is 0 Å². The summed E-state index contributed by atoms with van der Waals surface area (Å²) >= 11 is 0. The maximum Gasteiger partial charge on any atom is 0.230 e. The van der Waals surface area contributed by atoms with Crippen LogP contribution in [0.3, 0.4) is 0 Å². The van der Waals surface area contributed by atoms with Crippen molar-refractivity contribution >= 4 is 11.6 Å². The van der Waals surface area contributed by atoms with Crippen LogP contribution in [0.15, 0.2) is 18.2 Å².